The monoisotopic (exact) mass is 492 g/mol. The molecule has 0 N–H and O–H groups in total. The number of ketones is 2. The smallest absolute Gasteiger partial charge is 0.228 e. The minimum absolute atomic E-state index is 0.0299. The molecule has 0 radical (unpaired) electrons. The van der Waals surface area contributed by atoms with Crippen LogP contribution in [0.25, 0.3) is 0 Å². The number of carbonyl (C=O) groups excluding carboxylic acids is 3. The normalized spacial score (nSPS) is 47.3. The van der Waals surface area contributed by atoms with Gasteiger partial charge in [-0.25, -0.2) is 0 Å². The summed E-state index contributed by atoms with van der Waals surface area (Å²) in [6.45, 7) is 11.2. The van der Waals surface area contributed by atoms with Crippen molar-refractivity contribution in [1.29, 1.82) is 5.26 Å². The SMILES string of the molecule is CC1C(=O)C(C#N)=CC2(C)C1CCC1(C)C3CCC4(C(=O)N(C)C)CCC(C)(C)CC4C3C(=O)CC21. The Morgan fingerprint density at radius 1 is 1.00 bits per heavy atom. The second-order valence-corrected chi connectivity index (χ2v) is 14.6. The molecule has 0 heterocycles. The second kappa shape index (κ2) is 8.02. The summed E-state index contributed by atoms with van der Waals surface area (Å²) in [7, 11) is 3.74. The first-order valence-electron chi connectivity index (χ1n) is 14.1. The maximum Gasteiger partial charge on any atom is 0.228 e. The molecule has 0 saturated heterocycles. The first-order valence-corrected chi connectivity index (χ1v) is 14.1. The molecule has 0 aromatic carbocycles. The van der Waals surface area contributed by atoms with E-state index in [9.17, 15) is 19.6 Å². The first kappa shape index (κ1) is 25.7. The van der Waals surface area contributed by atoms with E-state index < -0.39 is 5.41 Å². The van der Waals surface area contributed by atoms with Crippen molar-refractivity contribution < 1.29 is 14.4 Å². The van der Waals surface area contributed by atoms with Gasteiger partial charge in [-0.05, 0) is 84.9 Å². The summed E-state index contributed by atoms with van der Waals surface area (Å²) in [6.07, 6.45) is 9.08. The Bertz CT molecular complexity index is 1080. The average Bonchev–Trinajstić information content (AvgIpc) is 2.81. The maximum absolute atomic E-state index is 14.3. The fourth-order valence-corrected chi connectivity index (χ4v) is 10.3. The van der Waals surface area contributed by atoms with Crippen LogP contribution in [0.4, 0.5) is 0 Å². The van der Waals surface area contributed by atoms with Crippen molar-refractivity contribution in [2.24, 2.45) is 57.2 Å². The number of amides is 1. The van der Waals surface area contributed by atoms with E-state index in [0.717, 1.165) is 44.9 Å². The van der Waals surface area contributed by atoms with Crippen LogP contribution in [0.3, 0.4) is 0 Å². The van der Waals surface area contributed by atoms with Crippen molar-refractivity contribution in [2.45, 2.75) is 86.0 Å². The number of allylic oxidation sites excluding steroid dienone is 2. The topological polar surface area (TPSA) is 78.2 Å². The Balaban J connectivity index is 1.59. The van der Waals surface area contributed by atoms with Crippen LogP contribution in [0, 0.1) is 68.5 Å². The Morgan fingerprint density at radius 3 is 2.31 bits per heavy atom. The molecule has 5 heteroatoms. The van der Waals surface area contributed by atoms with Gasteiger partial charge in [0, 0.05) is 32.4 Å². The molecule has 4 fully saturated rings. The zero-order valence-electron chi connectivity index (χ0n) is 23.3. The Labute approximate surface area is 217 Å². The van der Waals surface area contributed by atoms with E-state index in [0.29, 0.717) is 12.2 Å². The van der Waals surface area contributed by atoms with Crippen LogP contribution >= 0.6 is 0 Å². The van der Waals surface area contributed by atoms with Crippen LogP contribution in [0.15, 0.2) is 11.6 Å². The lowest BCUT2D eigenvalue weighted by atomic mass is 9.36. The third kappa shape index (κ3) is 3.28. The fourth-order valence-electron chi connectivity index (χ4n) is 10.3. The first-order chi connectivity index (χ1) is 16.7. The molecule has 0 spiro atoms. The molecule has 196 valence electrons. The van der Waals surface area contributed by atoms with Gasteiger partial charge in [0.15, 0.2) is 5.78 Å². The van der Waals surface area contributed by atoms with Crippen LogP contribution in [-0.2, 0) is 14.4 Å². The van der Waals surface area contributed by atoms with Gasteiger partial charge in [-0.2, -0.15) is 5.26 Å². The van der Waals surface area contributed by atoms with Gasteiger partial charge in [-0.15, -0.1) is 0 Å². The molecular weight excluding hydrogens is 448 g/mol. The van der Waals surface area contributed by atoms with Crippen molar-refractivity contribution in [1.82, 2.24) is 4.90 Å². The molecule has 5 rings (SSSR count). The summed E-state index contributed by atoms with van der Waals surface area (Å²) in [5.41, 5.74) is -0.358. The number of hydrogen-bond donors (Lipinski definition) is 0. The van der Waals surface area contributed by atoms with Gasteiger partial charge in [-0.1, -0.05) is 40.7 Å². The third-order valence-corrected chi connectivity index (χ3v) is 12.2. The van der Waals surface area contributed by atoms with Crippen LogP contribution in [0.1, 0.15) is 86.0 Å². The molecule has 36 heavy (non-hydrogen) atoms. The molecule has 0 bridgehead atoms. The standard InChI is InChI=1S/C31H44N2O3/c1-18-20-8-10-29(4)21-9-11-31(27(36)33(6)7)13-12-28(2,3)16-22(31)25(21)23(34)14-24(29)30(20,5)15-19(17-32)26(18)35/h15,18,20-22,24-25H,8-14,16H2,1-7H3. The quantitative estimate of drug-likeness (QED) is 0.478. The zero-order chi connectivity index (χ0) is 26.4. The number of nitrogens with zero attached hydrogens (tertiary/aromatic N) is 2. The number of carbonyl (C=O) groups is 3. The van der Waals surface area contributed by atoms with Crippen LogP contribution in [0.5, 0.6) is 0 Å². The van der Waals surface area contributed by atoms with Gasteiger partial charge in [0.25, 0.3) is 0 Å². The van der Waals surface area contributed by atoms with Crippen molar-refractivity contribution in [3.05, 3.63) is 11.6 Å². The fraction of sp³-hybridized carbons (Fsp3) is 0.806. The summed E-state index contributed by atoms with van der Waals surface area (Å²) >= 11 is 0. The molecular formula is C31H44N2O3. The average molecular weight is 493 g/mol. The van der Waals surface area contributed by atoms with E-state index in [2.05, 4.69) is 33.8 Å². The van der Waals surface area contributed by atoms with E-state index in [1.165, 1.54) is 0 Å². The molecule has 1 amide bonds. The summed E-state index contributed by atoms with van der Waals surface area (Å²) in [5, 5.41) is 9.75. The summed E-state index contributed by atoms with van der Waals surface area (Å²) in [5.74, 6) is 0.947. The Kier molecular flexibility index (Phi) is 5.72. The predicted molar refractivity (Wildman–Crippen MR) is 138 cm³/mol. The van der Waals surface area contributed by atoms with Crippen LogP contribution < -0.4 is 0 Å². The predicted octanol–water partition coefficient (Wildman–Crippen LogP) is 5.59. The number of Topliss-reactive ketones (excluding diaryl/α,β-unsaturated/α-hetero) is 2. The van der Waals surface area contributed by atoms with E-state index in [1.807, 2.05) is 27.1 Å². The number of hydrogen-bond acceptors (Lipinski definition) is 4. The summed E-state index contributed by atoms with van der Waals surface area (Å²) in [4.78, 5) is 42.6. The Morgan fingerprint density at radius 2 is 1.67 bits per heavy atom. The highest BCUT2D eigenvalue weighted by molar-refractivity contribution is 6.01. The lowest BCUT2D eigenvalue weighted by Crippen LogP contribution is -2.65. The highest BCUT2D eigenvalue weighted by Crippen LogP contribution is 2.71. The van der Waals surface area contributed by atoms with Gasteiger partial charge in [-0.3, -0.25) is 14.4 Å². The van der Waals surface area contributed by atoms with Crippen molar-refractivity contribution >= 4 is 17.5 Å². The van der Waals surface area contributed by atoms with Crippen LogP contribution in [0.2, 0.25) is 0 Å². The number of rotatable bonds is 1. The second-order valence-electron chi connectivity index (χ2n) is 14.6. The molecule has 0 aromatic heterocycles. The van der Waals surface area contributed by atoms with Gasteiger partial charge in [0.1, 0.15) is 11.9 Å². The summed E-state index contributed by atoms with van der Waals surface area (Å²) in [6, 6.07) is 2.18. The minimum atomic E-state index is -0.417. The molecule has 5 nitrogen and oxygen atoms in total. The van der Waals surface area contributed by atoms with E-state index in [1.54, 1.807) is 4.90 Å². The molecule has 0 aliphatic heterocycles. The van der Waals surface area contributed by atoms with E-state index >= 15 is 0 Å². The van der Waals surface area contributed by atoms with E-state index in [4.69, 9.17) is 0 Å². The molecule has 5 aliphatic carbocycles. The largest absolute Gasteiger partial charge is 0.348 e. The maximum atomic E-state index is 14.3. The zero-order valence-corrected chi connectivity index (χ0v) is 23.3. The van der Waals surface area contributed by atoms with Gasteiger partial charge < -0.3 is 4.90 Å². The third-order valence-electron chi connectivity index (χ3n) is 12.2. The number of fused-ring (bicyclic) bond motifs is 7. The highest BCUT2D eigenvalue weighted by atomic mass is 16.2. The van der Waals surface area contributed by atoms with Gasteiger partial charge in [0.2, 0.25) is 5.91 Å². The van der Waals surface area contributed by atoms with Gasteiger partial charge >= 0.3 is 0 Å². The molecule has 5 aliphatic rings. The van der Waals surface area contributed by atoms with Crippen molar-refractivity contribution in [3.8, 4) is 6.07 Å². The minimum Gasteiger partial charge on any atom is -0.348 e. The summed E-state index contributed by atoms with van der Waals surface area (Å²) < 4.78 is 0. The van der Waals surface area contributed by atoms with Crippen molar-refractivity contribution in [3.63, 3.8) is 0 Å². The Hall–Kier alpha value is -1.96. The highest BCUT2D eigenvalue weighted by Gasteiger charge is 2.68. The molecule has 0 aromatic rings. The lowest BCUT2D eigenvalue weighted by molar-refractivity contribution is -0.191. The lowest BCUT2D eigenvalue weighted by Gasteiger charge is -2.67. The molecule has 4 saturated carbocycles. The molecule has 9 atom stereocenters. The van der Waals surface area contributed by atoms with E-state index in [-0.39, 0.29) is 69.0 Å². The number of nitriles is 1. The van der Waals surface area contributed by atoms with Gasteiger partial charge in [0.05, 0.1) is 11.0 Å². The van der Waals surface area contributed by atoms with Crippen LogP contribution in [-0.4, -0.2) is 36.5 Å². The molecule has 9 unspecified atom stereocenters. The van der Waals surface area contributed by atoms with Crippen molar-refractivity contribution in [2.75, 3.05) is 14.1 Å².